The molecule has 0 radical (unpaired) electrons. The van der Waals surface area contributed by atoms with Crippen LogP contribution >= 0.6 is 0 Å². The number of ether oxygens (including phenoxy) is 2. The van der Waals surface area contributed by atoms with Gasteiger partial charge in [0.1, 0.15) is 12.7 Å². The van der Waals surface area contributed by atoms with Gasteiger partial charge in [-0.25, -0.2) is 9.59 Å². The first-order valence-corrected chi connectivity index (χ1v) is 5.60. The Morgan fingerprint density at radius 3 is 2.33 bits per heavy atom. The first kappa shape index (κ1) is 14.2. The van der Waals surface area contributed by atoms with E-state index in [2.05, 4.69) is 0 Å². The predicted molar refractivity (Wildman–Crippen MR) is 63.5 cm³/mol. The van der Waals surface area contributed by atoms with Gasteiger partial charge >= 0.3 is 11.9 Å². The van der Waals surface area contributed by atoms with E-state index in [0.29, 0.717) is 0 Å². The molecule has 0 aliphatic heterocycles. The van der Waals surface area contributed by atoms with Crippen LogP contribution in [0.5, 0.6) is 0 Å². The quantitative estimate of drug-likeness (QED) is 0.793. The summed E-state index contributed by atoms with van der Waals surface area (Å²) in [5.41, 5.74) is 0.847. The molecular formula is C13H16O5. The van der Waals surface area contributed by atoms with Gasteiger partial charge in [0, 0.05) is 0 Å². The molecule has 1 aromatic carbocycles. The van der Waals surface area contributed by atoms with E-state index in [-0.39, 0.29) is 6.61 Å². The third kappa shape index (κ3) is 4.55. The summed E-state index contributed by atoms with van der Waals surface area (Å²) >= 11 is 0. The standard InChI is InChI=1S/C13H16O5/c1-9(14)12(15)18-10(2)13(16)17-8-11-6-4-3-5-7-11/h3-7,9-10,14H,8H2,1-2H3. The van der Waals surface area contributed by atoms with Gasteiger partial charge in [-0.15, -0.1) is 0 Å². The number of carbonyl (C=O) groups excluding carboxylic acids is 2. The largest absolute Gasteiger partial charge is 0.458 e. The molecule has 1 N–H and O–H groups in total. The van der Waals surface area contributed by atoms with Crippen molar-refractivity contribution in [2.45, 2.75) is 32.7 Å². The van der Waals surface area contributed by atoms with E-state index in [0.717, 1.165) is 5.56 Å². The number of carbonyl (C=O) groups is 2. The topological polar surface area (TPSA) is 72.8 Å². The molecule has 98 valence electrons. The third-order valence-electron chi connectivity index (χ3n) is 2.19. The van der Waals surface area contributed by atoms with Crippen LogP contribution in [-0.2, 0) is 25.7 Å². The SMILES string of the molecule is CC(O)C(=O)OC(C)C(=O)OCc1ccccc1. The highest BCUT2D eigenvalue weighted by Crippen LogP contribution is 2.04. The Hall–Kier alpha value is -1.88. The van der Waals surface area contributed by atoms with E-state index in [1.165, 1.54) is 13.8 Å². The predicted octanol–water partition coefficient (Wildman–Crippen LogP) is 1.04. The molecule has 0 aliphatic carbocycles. The zero-order valence-corrected chi connectivity index (χ0v) is 10.3. The fraction of sp³-hybridized carbons (Fsp3) is 0.385. The minimum Gasteiger partial charge on any atom is -0.458 e. The molecule has 0 aromatic heterocycles. The lowest BCUT2D eigenvalue weighted by Crippen LogP contribution is -2.30. The molecule has 0 aliphatic rings. The number of aliphatic hydroxyl groups is 1. The van der Waals surface area contributed by atoms with Crippen molar-refractivity contribution in [3.05, 3.63) is 35.9 Å². The van der Waals surface area contributed by atoms with Gasteiger partial charge in [0.2, 0.25) is 0 Å². The molecule has 0 spiro atoms. The van der Waals surface area contributed by atoms with Gasteiger partial charge in [-0.2, -0.15) is 0 Å². The Labute approximate surface area is 105 Å². The zero-order chi connectivity index (χ0) is 13.5. The Balaban J connectivity index is 2.39. The first-order chi connectivity index (χ1) is 8.50. The van der Waals surface area contributed by atoms with Crippen LogP contribution in [0.15, 0.2) is 30.3 Å². The van der Waals surface area contributed by atoms with Crippen molar-refractivity contribution in [3.8, 4) is 0 Å². The Bertz CT molecular complexity index is 399. The number of aliphatic hydroxyl groups excluding tert-OH is 1. The van der Waals surface area contributed by atoms with Crippen LogP contribution in [-0.4, -0.2) is 29.3 Å². The number of benzene rings is 1. The number of esters is 2. The van der Waals surface area contributed by atoms with E-state index in [1.54, 1.807) is 0 Å². The molecule has 0 fully saturated rings. The molecule has 18 heavy (non-hydrogen) atoms. The van der Waals surface area contributed by atoms with Crippen molar-refractivity contribution in [1.29, 1.82) is 0 Å². The normalized spacial score (nSPS) is 13.5. The lowest BCUT2D eigenvalue weighted by atomic mass is 10.2. The maximum atomic E-state index is 11.5. The number of hydrogen-bond acceptors (Lipinski definition) is 5. The van der Waals surface area contributed by atoms with Crippen molar-refractivity contribution in [1.82, 2.24) is 0 Å². The summed E-state index contributed by atoms with van der Waals surface area (Å²) in [6.45, 7) is 2.79. The molecule has 0 saturated carbocycles. The highest BCUT2D eigenvalue weighted by Gasteiger charge is 2.21. The summed E-state index contributed by atoms with van der Waals surface area (Å²) in [5, 5.41) is 8.93. The van der Waals surface area contributed by atoms with Crippen LogP contribution in [0.3, 0.4) is 0 Å². The molecule has 1 aromatic rings. The second-order valence-electron chi connectivity index (χ2n) is 3.85. The summed E-state index contributed by atoms with van der Waals surface area (Å²) in [6, 6.07) is 9.16. The molecular weight excluding hydrogens is 236 g/mol. The average molecular weight is 252 g/mol. The van der Waals surface area contributed by atoms with E-state index >= 15 is 0 Å². The van der Waals surface area contributed by atoms with Gasteiger partial charge < -0.3 is 14.6 Å². The van der Waals surface area contributed by atoms with Crippen molar-refractivity contribution < 1.29 is 24.2 Å². The smallest absolute Gasteiger partial charge is 0.347 e. The van der Waals surface area contributed by atoms with Crippen molar-refractivity contribution in [2.75, 3.05) is 0 Å². The summed E-state index contributed by atoms with van der Waals surface area (Å²) in [7, 11) is 0. The summed E-state index contributed by atoms with van der Waals surface area (Å²) < 4.78 is 9.67. The van der Waals surface area contributed by atoms with Crippen molar-refractivity contribution in [3.63, 3.8) is 0 Å². The molecule has 1 rings (SSSR count). The van der Waals surface area contributed by atoms with Gasteiger partial charge in [-0.3, -0.25) is 0 Å². The van der Waals surface area contributed by atoms with Crippen LogP contribution in [0, 0.1) is 0 Å². The molecule has 5 nitrogen and oxygen atoms in total. The van der Waals surface area contributed by atoms with Crippen LogP contribution in [0.25, 0.3) is 0 Å². The van der Waals surface area contributed by atoms with E-state index in [1.807, 2.05) is 30.3 Å². The van der Waals surface area contributed by atoms with E-state index in [4.69, 9.17) is 14.6 Å². The van der Waals surface area contributed by atoms with Gasteiger partial charge in [-0.1, -0.05) is 30.3 Å². The average Bonchev–Trinajstić information content (AvgIpc) is 2.36. The second kappa shape index (κ2) is 6.76. The van der Waals surface area contributed by atoms with Crippen LogP contribution in [0.4, 0.5) is 0 Å². The summed E-state index contributed by atoms with van der Waals surface area (Å²) in [4.78, 5) is 22.5. The van der Waals surface area contributed by atoms with Gasteiger partial charge in [0.05, 0.1) is 0 Å². The molecule has 0 heterocycles. The highest BCUT2D eigenvalue weighted by atomic mass is 16.6. The fourth-order valence-corrected chi connectivity index (χ4v) is 1.17. The fourth-order valence-electron chi connectivity index (χ4n) is 1.17. The molecule has 2 unspecified atom stereocenters. The zero-order valence-electron chi connectivity index (χ0n) is 10.3. The Morgan fingerprint density at radius 1 is 1.17 bits per heavy atom. The van der Waals surface area contributed by atoms with Gasteiger partial charge in [0.25, 0.3) is 0 Å². The van der Waals surface area contributed by atoms with Gasteiger partial charge in [0.15, 0.2) is 6.10 Å². The minimum atomic E-state index is -1.26. The Kier molecular flexibility index (Phi) is 5.32. The maximum absolute atomic E-state index is 11.5. The monoisotopic (exact) mass is 252 g/mol. The summed E-state index contributed by atoms with van der Waals surface area (Å²) in [5.74, 6) is -1.49. The molecule has 0 saturated heterocycles. The molecule has 2 atom stereocenters. The Morgan fingerprint density at radius 2 is 1.78 bits per heavy atom. The minimum absolute atomic E-state index is 0.121. The number of rotatable bonds is 5. The third-order valence-corrected chi connectivity index (χ3v) is 2.19. The van der Waals surface area contributed by atoms with Crippen LogP contribution < -0.4 is 0 Å². The molecule has 5 heteroatoms. The molecule has 0 amide bonds. The van der Waals surface area contributed by atoms with Crippen molar-refractivity contribution >= 4 is 11.9 Å². The van der Waals surface area contributed by atoms with Crippen LogP contribution in [0.1, 0.15) is 19.4 Å². The van der Waals surface area contributed by atoms with Crippen LogP contribution in [0.2, 0.25) is 0 Å². The highest BCUT2D eigenvalue weighted by molar-refractivity contribution is 5.80. The summed E-state index contributed by atoms with van der Waals surface area (Å²) in [6.07, 6.45) is -2.29. The van der Waals surface area contributed by atoms with Gasteiger partial charge in [-0.05, 0) is 19.4 Å². The lowest BCUT2D eigenvalue weighted by molar-refractivity contribution is -0.172. The molecule has 0 bridgehead atoms. The lowest BCUT2D eigenvalue weighted by Gasteiger charge is -2.13. The van der Waals surface area contributed by atoms with Crippen molar-refractivity contribution in [2.24, 2.45) is 0 Å². The first-order valence-electron chi connectivity index (χ1n) is 5.60. The second-order valence-corrected chi connectivity index (χ2v) is 3.85. The maximum Gasteiger partial charge on any atom is 0.347 e. The van der Waals surface area contributed by atoms with E-state index < -0.39 is 24.1 Å². The van der Waals surface area contributed by atoms with E-state index in [9.17, 15) is 9.59 Å². The number of hydrogen-bond donors (Lipinski definition) is 1.